The van der Waals surface area contributed by atoms with E-state index in [0.29, 0.717) is 15.6 Å². The molecule has 0 spiro atoms. The maximum absolute atomic E-state index is 12.9. The van der Waals surface area contributed by atoms with Crippen LogP contribution in [0, 0.1) is 13.8 Å². The van der Waals surface area contributed by atoms with Gasteiger partial charge in [0.2, 0.25) is 0 Å². The van der Waals surface area contributed by atoms with Crippen LogP contribution in [0.15, 0.2) is 36.4 Å². The highest BCUT2D eigenvalue weighted by Crippen LogP contribution is 2.40. The van der Waals surface area contributed by atoms with E-state index in [1.165, 1.54) is 16.7 Å². The smallest absolute Gasteiger partial charge is 0.256 e. The summed E-state index contributed by atoms with van der Waals surface area (Å²) >= 11 is 13.9. The van der Waals surface area contributed by atoms with Crippen LogP contribution in [0.3, 0.4) is 0 Å². The molecule has 120 valence electrons. The normalized spacial score (nSPS) is 17.6. The number of carbonyl (C=O) groups excluding carboxylic acids is 1. The fourth-order valence-corrected chi connectivity index (χ4v) is 4.70. The lowest BCUT2D eigenvalue weighted by Gasteiger charge is -2.26. The van der Waals surface area contributed by atoms with Crippen LogP contribution in [0.4, 0.5) is 0 Å². The van der Waals surface area contributed by atoms with E-state index in [1.54, 1.807) is 30.0 Å². The molecule has 0 unspecified atom stereocenters. The molecule has 1 amide bonds. The lowest BCUT2D eigenvalue weighted by atomic mass is 10.0. The third kappa shape index (κ3) is 3.37. The van der Waals surface area contributed by atoms with Gasteiger partial charge in [0.15, 0.2) is 0 Å². The summed E-state index contributed by atoms with van der Waals surface area (Å²) in [5.74, 6) is 0.885. The minimum Gasteiger partial charge on any atom is -0.322 e. The van der Waals surface area contributed by atoms with Crippen molar-refractivity contribution < 1.29 is 4.79 Å². The van der Waals surface area contributed by atoms with Gasteiger partial charge in [-0.3, -0.25) is 4.79 Å². The summed E-state index contributed by atoms with van der Waals surface area (Å²) in [4.78, 5) is 14.8. The third-order valence-corrected chi connectivity index (χ3v) is 5.79. The molecule has 1 heterocycles. The van der Waals surface area contributed by atoms with Gasteiger partial charge in [0, 0.05) is 17.3 Å². The molecule has 0 aromatic heterocycles. The molecule has 1 saturated heterocycles. The van der Waals surface area contributed by atoms with Crippen molar-refractivity contribution in [2.75, 3.05) is 12.3 Å². The van der Waals surface area contributed by atoms with E-state index in [4.69, 9.17) is 23.2 Å². The van der Waals surface area contributed by atoms with Gasteiger partial charge < -0.3 is 4.90 Å². The van der Waals surface area contributed by atoms with Crippen molar-refractivity contribution in [2.45, 2.75) is 19.2 Å². The van der Waals surface area contributed by atoms with Gasteiger partial charge in [0.1, 0.15) is 5.37 Å². The summed E-state index contributed by atoms with van der Waals surface area (Å²) in [6, 6.07) is 11.4. The van der Waals surface area contributed by atoms with Crippen LogP contribution in [0.1, 0.15) is 32.4 Å². The average molecular weight is 366 g/mol. The van der Waals surface area contributed by atoms with Crippen LogP contribution < -0.4 is 0 Å². The molecule has 1 atom stereocenters. The number of carbonyl (C=O) groups is 1. The fraction of sp³-hybridized carbons (Fsp3) is 0.278. The van der Waals surface area contributed by atoms with Crippen molar-refractivity contribution in [2.24, 2.45) is 0 Å². The highest BCUT2D eigenvalue weighted by molar-refractivity contribution is 7.99. The molecule has 1 fully saturated rings. The average Bonchev–Trinajstić information content (AvgIpc) is 2.95. The molecule has 1 aliphatic rings. The zero-order valence-electron chi connectivity index (χ0n) is 13.0. The molecular formula is C18H17Cl2NOS. The molecule has 3 rings (SSSR count). The number of hydrogen-bond acceptors (Lipinski definition) is 2. The molecule has 2 nitrogen and oxygen atoms in total. The van der Waals surface area contributed by atoms with Crippen molar-refractivity contribution in [3.63, 3.8) is 0 Å². The molecule has 2 aromatic rings. The number of rotatable bonds is 2. The van der Waals surface area contributed by atoms with Crippen LogP contribution in [0.2, 0.25) is 10.0 Å². The van der Waals surface area contributed by atoms with Crippen molar-refractivity contribution in [1.82, 2.24) is 4.90 Å². The van der Waals surface area contributed by atoms with E-state index in [1.807, 2.05) is 4.90 Å². The summed E-state index contributed by atoms with van der Waals surface area (Å²) in [5.41, 5.74) is 4.14. The summed E-state index contributed by atoms with van der Waals surface area (Å²) < 4.78 is 0. The Hall–Kier alpha value is -1.16. The Kier molecular flexibility index (Phi) is 4.90. The lowest BCUT2D eigenvalue weighted by Crippen LogP contribution is -2.31. The number of hydrogen-bond donors (Lipinski definition) is 0. The van der Waals surface area contributed by atoms with E-state index >= 15 is 0 Å². The van der Waals surface area contributed by atoms with Crippen molar-refractivity contribution >= 4 is 40.9 Å². The minimum atomic E-state index is -0.0401. The topological polar surface area (TPSA) is 20.3 Å². The number of thioether (sulfide) groups is 1. The standard InChI is InChI=1S/C18H17Cl2NOS/c1-11-3-5-14(12(2)9-11)18-21(7-8-23-18)17(22)15-6-4-13(19)10-16(15)20/h3-6,9-10,18H,7-8H2,1-2H3/t18-/m1/s1. The quantitative estimate of drug-likeness (QED) is 0.700. The van der Waals surface area contributed by atoms with Crippen LogP contribution >= 0.6 is 35.0 Å². The summed E-state index contributed by atoms with van der Waals surface area (Å²) in [6.45, 7) is 4.90. The number of amides is 1. The second-order valence-corrected chi connectivity index (χ2v) is 7.74. The molecular weight excluding hydrogens is 349 g/mol. The van der Waals surface area contributed by atoms with Crippen LogP contribution in [-0.2, 0) is 0 Å². The van der Waals surface area contributed by atoms with Crippen LogP contribution in [0.5, 0.6) is 0 Å². The maximum Gasteiger partial charge on any atom is 0.256 e. The first kappa shape index (κ1) is 16.7. The van der Waals surface area contributed by atoms with Crippen molar-refractivity contribution in [3.05, 3.63) is 68.7 Å². The van der Waals surface area contributed by atoms with Gasteiger partial charge >= 0.3 is 0 Å². The Morgan fingerprint density at radius 3 is 2.65 bits per heavy atom. The molecule has 1 aliphatic heterocycles. The zero-order chi connectivity index (χ0) is 16.6. The van der Waals surface area contributed by atoms with Crippen molar-refractivity contribution in [3.8, 4) is 0 Å². The summed E-state index contributed by atoms with van der Waals surface area (Å²) in [6.07, 6.45) is 0. The number of aryl methyl sites for hydroxylation is 2. The maximum atomic E-state index is 12.9. The number of nitrogens with zero attached hydrogens (tertiary/aromatic N) is 1. The van der Waals surface area contributed by atoms with Crippen molar-refractivity contribution in [1.29, 1.82) is 0 Å². The SMILES string of the molecule is Cc1ccc([C@H]2SCCN2C(=O)c2ccc(Cl)cc2Cl)c(C)c1. The van der Waals surface area contributed by atoms with E-state index in [0.717, 1.165) is 12.3 Å². The molecule has 5 heteroatoms. The van der Waals surface area contributed by atoms with Crippen LogP contribution in [0.25, 0.3) is 0 Å². The Morgan fingerprint density at radius 1 is 1.17 bits per heavy atom. The second kappa shape index (κ2) is 6.76. The monoisotopic (exact) mass is 365 g/mol. The third-order valence-electron chi connectivity index (χ3n) is 4.00. The molecule has 0 saturated carbocycles. The Balaban J connectivity index is 1.93. The first-order valence-electron chi connectivity index (χ1n) is 7.42. The van der Waals surface area contributed by atoms with Gasteiger partial charge in [-0.2, -0.15) is 0 Å². The second-order valence-electron chi connectivity index (χ2n) is 5.71. The fourth-order valence-electron chi connectivity index (χ4n) is 2.86. The number of benzene rings is 2. The minimum absolute atomic E-state index is 0.0369. The Morgan fingerprint density at radius 2 is 1.96 bits per heavy atom. The molecule has 0 aliphatic carbocycles. The first-order valence-corrected chi connectivity index (χ1v) is 9.22. The summed E-state index contributed by atoms with van der Waals surface area (Å²) in [7, 11) is 0. The van der Waals surface area contributed by atoms with Gasteiger partial charge in [0.05, 0.1) is 10.6 Å². The largest absolute Gasteiger partial charge is 0.322 e. The zero-order valence-corrected chi connectivity index (χ0v) is 15.3. The first-order chi connectivity index (χ1) is 11.0. The van der Waals surface area contributed by atoms with Gasteiger partial charge in [-0.15, -0.1) is 11.8 Å². The predicted molar refractivity (Wildman–Crippen MR) is 98.6 cm³/mol. The van der Waals surface area contributed by atoms with E-state index in [9.17, 15) is 4.79 Å². The van der Waals surface area contributed by atoms with Gasteiger partial charge in [-0.25, -0.2) is 0 Å². The van der Waals surface area contributed by atoms with E-state index in [-0.39, 0.29) is 11.3 Å². The molecule has 0 bridgehead atoms. The lowest BCUT2D eigenvalue weighted by molar-refractivity contribution is 0.0760. The predicted octanol–water partition coefficient (Wildman–Crippen LogP) is 5.50. The molecule has 23 heavy (non-hydrogen) atoms. The Bertz CT molecular complexity index is 763. The van der Waals surface area contributed by atoms with Gasteiger partial charge in [-0.05, 0) is 43.2 Å². The van der Waals surface area contributed by atoms with E-state index in [2.05, 4.69) is 32.0 Å². The summed E-state index contributed by atoms with van der Waals surface area (Å²) in [5, 5.41) is 0.974. The van der Waals surface area contributed by atoms with E-state index < -0.39 is 0 Å². The van der Waals surface area contributed by atoms with Gasteiger partial charge in [-0.1, -0.05) is 47.0 Å². The molecule has 0 N–H and O–H groups in total. The molecule has 2 aromatic carbocycles. The Labute approximate surface area is 150 Å². The highest BCUT2D eigenvalue weighted by atomic mass is 35.5. The van der Waals surface area contributed by atoms with Crippen LogP contribution in [-0.4, -0.2) is 23.1 Å². The highest BCUT2D eigenvalue weighted by Gasteiger charge is 2.32. The molecule has 0 radical (unpaired) electrons. The van der Waals surface area contributed by atoms with Gasteiger partial charge in [0.25, 0.3) is 5.91 Å². The number of halogens is 2.